The summed E-state index contributed by atoms with van der Waals surface area (Å²) in [5.74, 6) is -0.567. The van der Waals surface area contributed by atoms with E-state index < -0.39 is 5.97 Å². The van der Waals surface area contributed by atoms with Gasteiger partial charge >= 0.3 is 5.97 Å². The van der Waals surface area contributed by atoms with Crippen LogP contribution >= 0.6 is 0 Å². The first kappa shape index (κ1) is 18.0. The SMILES string of the molecule is CCC(CCC1C(CO)CCC1C(=O)O)[C@H](C)NC(C)=O. The van der Waals surface area contributed by atoms with E-state index in [1.165, 1.54) is 6.92 Å². The highest BCUT2D eigenvalue weighted by atomic mass is 16.4. The molecule has 5 heteroatoms. The van der Waals surface area contributed by atoms with Crippen molar-refractivity contribution >= 4 is 11.9 Å². The molecule has 0 aliphatic heterocycles. The zero-order valence-corrected chi connectivity index (χ0v) is 13.3. The average Bonchev–Trinajstić information content (AvgIpc) is 2.81. The molecular weight excluding hydrogens is 270 g/mol. The lowest BCUT2D eigenvalue weighted by Crippen LogP contribution is -2.37. The van der Waals surface area contributed by atoms with Crippen LogP contribution in [-0.4, -0.2) is 34.7 Å². The molecule has 1 saturated carbocycles. The number of carboxylic acids is 1. The summed E-state index contributed by atoms with van der Waals surface area (Å²) in [6, 6.07) is 0.102. The van der Waals surface area contributed by atoms with Crippen molar-refractivity contribution in [1.82, 2.24) is 5.32 Å². The van der Waals surface area contributed by atoms with Crippen molar-refractivity contribution in [2.45, 2.75) is 58.9 Å². The molecule has 0 heterocycles. The second kappa shape index (κ2) is 8.37. The van der Waals surface area contributed by atoms with Crippen LogP contribution in [0.2, 0.25) is 0 Å². The summed E-state index contributed by atoms with van der Waals surface area (Å²) in [6.45, 7) is 5.69. The van der Waals surface area contributed by atoms with Crippen LogP contribution in [0.5, 0.6) is 0 Å². The summed E-state index contributed by atoms with van der Waals surface area (Å²) >= 11 is 0. The van der Waals surface area contributed by atoms with E-state index in [9.17, 15) is 19.8 Å². The van der Waals surface area contributed by atoms with Crippen LogP contribution in [0.3, 0.4) is 0 Å². The van der Waals surface area contributed by atoms with Gasteiger partial charge in [0.1, 0.15) is 0 Å². The zero-order chi connectivity index (χ0) is 16.0. The fraction of sp³-hybridized carbons (Fsp3) is 0.875. The molecule has 0 radical (unpaired) electrons. The Balaban J connectivity index is 2.60. The number of carbonyl (C=O) groups excluding carboxylic acids is 1. The average molecular weight is 299 g/mol. The van der Waals surface area contributed by atoms with Gasteiger partial charge in [-0.3, -0.25) is 9.59 Å². The summed E-state index contributed by atoms with van der Waals surface area (Å²) in [5.41, 5.74) is 0. The van der Waals surface area contributed by atoms with Crippen LogP contribution in [0, 0.1) is 23.7 Å². The maximum Gasteiger partial charge on any atom is 0.306 e. The molecule has 1 aliphatic rings. The number of aliphatic hydroxyl groups is 1. The quantitative estimate of drug-likeness (QED) is 0.640. The van der Waals surface area contributed by atoms with Gasteiger partial charge in [0.2, 0.25) is 5.91 Å². The molecule has 122 valence electrons. The summed E-state index contributed by atoms with van der Waals surface area (Å²) in [6.07, 6.45) is 4.13. The molecule has 4 unspecified atom stereocenters. The highest BCUT2D eigenvalue weighted by Crippen LogP contribution is 2.41. The molecule has 5 nitrogen and oxygen atoms in total. The van der Waals surface area contributed by atoms with Gasteiger partial charge in [0.05, 0.1) is 5.92 Å². The van der Waals surface area contributed by atoms with Gasteiger partial charge in [0, 0.05) is 19.6 Å². The molecule has 5 atom stereocenters. The third kappa shape index (κ3) is 4.99. The van der Waals surface area contributed by atoms with Crippen molar-refractivity contribution in [3.63, 3.8) is 0 Å². The topological polar surface area (TPSA) is 86.6 Å². The van der Waals surface area contributed by atoms with E-state index in [0.29, 0.717) is 12.3 Å². The van der Waals surface area contributed by atoms with Crippen LogP contribution in [-0.2, 0) is 9.59 Å². The van der Waals surface area contributed by atoms with Crippen LogP contribution < -0.4 is 5.32 Å². The van der Waals surface area contributed by atoms with Crippen molar-refractivity contribution < 1.29 is 19.8 Å². The Morgan fingerprint density at radius 1 is 1.33 bits per heavy atom. The van der Waals surface area contributed by atoms with E-state index in [1.807, 2.05) is 6.92 Å². The van der Waals surface area contributed by atoms with Gasteiger partial charge in [-0.1, -0.05) is 13.3 Å². The van der Waals surface area contributed by atoms with Crippen LogP contribution in [0.1, 0.15) is 52.9 Å². The Bertz CT molecular complexity index is 358. The lowest BCUT2D eigenvalue weighted by atomic mass is 9.81. The first-order chi connectivity index (χ1) is 9.90. The number of nitrogens with one attached hydrogen (secondary N) is 1. The van der Waals surface area contributed by atoms with Gasteiger partial charge in [-0.15, -0.1) is 0 Å². The number of amides is 1. The minimum absolute atomic E-state index is 0.0292. The number of aliphatic carboxylic acids is 1. The van der Waals surface area contributed by atoms with Crippen molar-refractivity contribution in [3.8, 4) is 0 Å². The molecule has 1 rings (SSSR count). The summed E-state index contributed by atoms with van der Waals surface area (Å²) in [5, 5.41) is 21.7. The van der Waals surface area contributed by atoms with E-state index in [1.54, 1.807) is 0 Å². The molecule has 0 aromatic heterocycles. The number of carboxylic acid groups (broad SMARTS) is 1. The fourth-order valence-electron chi connectivity index (χ4n) is 3.77. The lowest BCUT2D eigenvalue weighted by molar-refractivity contribution is -0.143. The van der Waals surface area contributed by atoms with Gasteiger partial charge in [0.15, 0.2) is 0 Å². The zero-order valence-electron chi connectivity index (χ0n) is 13.3. The predicted molar refractivity (Wildman–Crippen MR) is 80.7 cm³/mol. The molecule has 1 fully saturated rings. The van der Waals surface area contributed by atoms with Crippen molar-refractivity contribution in [3.05, 3.63) is 0 Å². The lowest BCUT2D eigenvalue weighted by Gasteiger charge is -2.27. The fourth-order valence-corrected chi connectivity index (χ4v) is 3.77. The van der Waals surface area contributed by atoms with E-state index >= 15 is 0 Å². The first-order valence-electron chi connectivity index (χ1n) is 8.01. The van der Waals surface area contributed by atoms with Crippen molar-refractivity contribution in [2.75, 3.05) is 6.61 Å². The minimum atomic E-state index is -0.737. The third-order valence-electron chi connectivity index (χ3n) is 5.06. The number of aliphatic hydroxyl groups excluding tert-OH is 1. The van der Waals surface area contributed by atoms with Crippen LogP contribution in [0.15, 0.2) is 0 Å². The molecule has 0 aromatic rings. The molecule has 0 bridgehead atoms. The maximum atomic E-state index is 11.3. The Morgan fingerprint density at radius 2 is 2.00 bits per heavy atom. The number of carbonyl (C=O) groups is 2. The predicted octanol–water partition coefficient (Wildman–Crippen LogP) is 2.04. The molecule has 1 aliphatic carbocycles. The maximum absolute atomic E-state index is 11.3. The first-order valence-corrected chi connectivity index (χ1v) is 8.01. The van der Waals surface area contributed by atoms with Gasteiger partial charge in [-0.25, -0.2) is 0 Å². The van der Waals surface area contributed by atoms with Crippen LogP contribution in [0.25, 0.3) is 0 Å². The second-order valence-electron chi connectivity index (χ2n) is 6.36. The standard InChI is InChI=1S/C16H29NO4/c1-4-12(10(2)17-11(3)19)5-7-14-13(9-18)6-8-15(14)16(20)21/h10,12-15,18H,4-9H2,1-3H3,(H,17,19)(H,20,21)/t10-,12?,13?,14?,15?/m0/s1. The monoisotopic (exact) mass is 299 g/mol. The van der Waals surface area contributed by atoms with E-state index in [2.05, 4.69) is 12.2 Å². The minimum Gasteiger partial charge on any atom is -0.481 e. The molecule has 1 amide bonds. The number of hydrogen-bond acceptors (Lipinski definition) is 3. The summed E-state index contributed by atoms with van der Waals surface area (Å²) in [4.78, 5) is 22.5. The summed E-state index contributed by atoms with van der Waals surface area (Å²) in [7, 11) is 0. The molecular formula is C16H29NO4. The largest absolute Gasteiger partial charge is 0.481 e. The van der Waals surface area contributed by atoms with Gasteiger partial charge < -0.3 is 15.5 Å². The smallest absolute Gasteiger partial charge is 0.306 e. The van der Waals surface area contributed by atoms with Crippen molar-refractivity contribution in [1.29, 1.82) is 0 Å². The highest BCUT2D eigenvalue weighted by Gasteiger charge is 2.39. The molecule has 0 spiro atoms. The third-order valence-corrected chi connectivity index (χ3v) is 5.06. The Hall–Kier alpha value is -1.10. The normalized spacial score (nSPS) is 28.1. The summed E-state index contributed by atoms with van der Waals surface area (Å²) < 4.78 is 0. The van der Waals surface area contributed by atoms with Gasteiger partial charge in [-0.2, -0.15) is 0 Å². The Labute approximate surface area is 127 Å². The van der Waals surface area contributed by atoms with Crippen LogP contribution in [0.4, 0.5) is 0 Å². The van der Waals surface area contributed by atoms with E-state index in [4.69, 9.17) is 0 Å². The molecule has 21 heavy (non-hydrogen) atoms. The van der Waals surface area contributed by atoms with E-state index in [0.717, 1.165) is 25.7 Å². The van der Waals surface area contributed by atoms with E-state index in [-0.39, 0.29) is 36.3 Å². The Kier molecular flexibility index (Phi) is 7.15. The molecule has 3 N–H and O–H groups in total. The Morgan fingerprint density at radius 3 is 2.48 bits per heavy atom. The van der Waals surface area contributed by atoms with Gasteiger partial charge in [-0.05, 0) is 50.4 Å². The number of rotatable bonds is 8. The highest BCUT2D eigenvalue weighted by molar-refractivity contribution is 5.73. The second-order valence-corrected chi connectivity index (χ2v) is 6.36. The number of hydrogen-bond donors (Lipinski definition) is 3. The molecule has 0 aromatic carbocycles. The van der Waals surface area contributed by atoms with Crippen molar-refractivity contribution in [2.24, 2.45) is 23.7 Å². The molecule has 0 saturated heterocycles. The van der Waals surface area contributed by atoms with Gasteiger partial charge in [0.25, 0.3) is 0 Å².